The van der Waals surface area contributed by atoms with Gasteiger partial charge in [0, 0.05) is 0 Å². The molecule has 23 heavy (non-hydrogen) atoms. The van der Waals surface area contributed by atoms with Gasteiger partial charge in [0.05, 0.1) is 20.5 Å². The summed E-state index contributed by atoms with van der Waals surface area (Å²) < 4.78 is 9.88. The normalized spacial score (nSPS) is 11.5. The molecule has 2 rings (SSSR count). The highest BCUT2D eigenvalue weighted by Crippen LogP contribution is 2.23. The minimum Gasteiger partial charge on any atom is -0.503 e. The van der Waals surface area contributed by atoms with E-state index in [4.69, 9.17) is 9.47 Å². The highest BCUT2D eigenvalue weighted by Gasteiger charge is 2.15. The average molecular weight is 308 g/mol. The number of carbonyl (C=O) groups excluding carboxylic acids is 1. The molecule has 0 aromatic heterocycles. The number of hydrogen-bond acceptors (Lipinski definition) is 3. The number of benzene rings is 2. The van der Waals surface area contributed by atoms with E-state index >= 15 is 0 Å². The van der Waals surface area contributed by atoms with Crippen LogP contribution in [0.2, 0.25) is 0 Å². The maximum Gasteiger partial charge on any atom is 0.341 e. The van der Waals surface area contributed by atoms with E-state index in [0.717, 1.165) is 16.7 Å². The molecule has 0 radical (unpaired) electrons. The first kappa shape index (κ1) is 16.6. The van der Waals surface area contributed by atoms with E-state index in [1.807, 2.05) is 48.6 Å². The van der Waals surface area contributed by atoms with Gasteiger partial charge in [-0.2, -0.15) is 0 Å². The van der Waals surface area contributed by atoms with Crippen molar-refractivity contribution in [3.63, 3.8) is 0 Å². The van der Waals surface area contributed by atoms with Crippen LogP contribution in [0.1, 0.15) is 22.3 Å². The lowest BCUT2D eigenvalue weighted by molar-refractivity contribution is -0.133. The zero-order valence-electron chi connectivity index (χ0n) is 13.6. The van der Waals surface area contributed by atoms with Crippen LogP contribution in [-0.4, -0.2) is 20.2 Å². The Balaban J connectivity index is 2.43. The Morgan fingerprint density at radius 1 is 0.913 bits per heavy atom. The fourth-order valence-corrected chi connectivity index (χ4v) is 2.29. The molecule has 0 aliphatic heterocycles. The molecule has 2 aromatic carbocycles. The largest absolute Gasteiger partial charge is 0.503 e. The van der Waals surface area contributed by atoms with Crippen LogP contribution in [0.3, 0.4) is 0 Å². The standard InChI is InChI=1S/C20H20O3/c1-15-8-4-5-9-16(15)12-13-17-10-6-7-11-18(17)19(14-22-2)20(21)23-3/h4-14H,1-3H3/b13-12+,19-14-. The summed E-state index contributed by atoms with van der Waals surface area (Å²) >= 11 is 0. The molecule has 0 N–H and O–H groups in total. The Morgan fingerprint density at radius 2 is 1.52 bits per heavy atom. The SMILES string of the molecule is CO/C=C(\C(=O)OC)c1ccccc1/C=C/c1ccccc1C. The number of aryl methyl sites for hydroxylation is 1. The lowest BCUT2D eigenvalue weighted by atomic mass is 9.99. The average Bonchev–Trinajstić information content (AvgIpc) is 2.59. The molecule has 118 valence electrons. The fourth-order valence-electron chi connectivity index (χ4n) is 2.29. The summed E-state index contributed by atoms with van der Waals surface area (Å²) in [6, 6.07) is 15.8. The molecule has 3 nitrogen and oxygen atoms in total. The van der Waals surface area contributed by atoms with Gasteiger partial charge >= 0.3 is 5.97 Å². The van der Waals surface area contributed by atoms with Gasteiger partial charge in [0.15, 0.2) is 0 Å². The first-order chi connectivity index (χ1) is 11.2. The minimum atomic E-state index is -0.427. The second-order valence-corrected chi connectivity index (χ2v) is 5.04. The lowest BCUT2D eigenvalue weighted by Gasteiger charge is -2.09. The van der Waals surface area contributed by atoms with Gasteiger partial charge in [0.25, 0.3) is 0 Å². The van der Waals surface area contributed by atoms with Crippen molar-refractivity contribution in [2.24, 2.45) is 0 Å². The van der Waals surface area contributed by atoms with Crippen LogP contribution in [0, 0.1) is 6.92 Å². The summed E-state index contributed by atoms with van der Waals surface area (Å²) in [5.74, 6) is -0.427. The molecule has 0 atom stereocenters. The second kappa shape index (κ2) is 7.99. The van der Waals surface area contributed by atoms with Crippen molar-refractivity contribution in [2.45, 2.75) is 6.92 Å². The second-order valence-electron chi connectivity index (χ2n) is 5.04. The van der Waals surface area contributed by atoms with Gasteiger partial charge in [-0.3, -0.25) is 0 Å². The Labute approximate surface area is 136 Å². The molecule has 0 unspecified atom stereocenters. The van der Waals surface area contributed by atoms with E-state index in [1.165, 1.54) is 26.0 Å². The maximum atomic E-state index is 12.0. The van der Waals surface area contributed by atoms with Crippen molar-refractivity contribution in [1.29, 1.82) is 0 Å². The zero-order chi connectivity index (χ0) is 16.7. The zero-order valence-corrected chi connectivity index (χ0v) is 13.6. The molecular formula is C20H20O3. The van der Waals surface area contributed by atoms with Crippen molar-refractivity contribution in [2.75, 3.05) is 14.2 Å². The van der Waals surface area contributed by atoms with Gasteiger partial charge in [-0.15, -0.1) is 0 Å². The first-order valence-corrected chi connectivity index (χ1v) is 7.31. The lowest BCUT2D eigenvalue weighted by Crippen LogP contribution is -2.05. The summed E-state index contributed by atoms with van der Waals surface area (Å²) in [6.07, 6.45) is 5.44. The number of ether oxygens (including phenoxy) is 2. The smallest absolute Gasteiger partial charge is 0.341 e. The van der Waals surface area contributed by atoms with Crippen LogP contribution >= 0.6 is 0 Å². The van der Waals surface area contributed by atoms with Crippen LogP contribution in [0.15, 0.2) is 54.8 Å². The van der Waals surface area contributed by atoms with Gasteiger partial charge in [0.1, 0.15) is 5.57 Å². The van der Waals surface area contributed by atoms with E-state index in [0.29, 0.717) is 5.57 Å². The molecular weight excluding hydrogens is 288 g/mol. The molecule has 0 saturated carbocycles. The van der Waals surface area contributed by atoms with Crippen LogP contribution in [0.4, 0.5) is 0 Å². The molecule has 0 amide bonds. The number of rotatable bonds is 5. The van der Waals surface area contributed by atoms with Gasteiger partial charge in [-0.05, 0) is 29.2 Å². The van der Waals surface area contributed by atoms with Crippen molar-refractivity contribution < 1.29 is 14.3 Å². The summed E-state index contributed by atoms with van der Waals surface area (Å²) in [4.78, 5) is 12.0. The Kier molecular flexibility index (Phi) is 5.75. The van der Waals surface area contributed by atoms with E-state index in [9.17, 15) is 4.79 Å². The van der Waals surface area contributed by atoms with Crippen LogP contribution in [0.25, 0.3) is 17.7 Å². The third-order valence-corrected chi connectivity index (χ3v) is 3.52. The predicted octanol–water partition coefficient (Wildman–Crippen LogP) is 4.33. The molecule has 2 aromatic rings. The predicted molar refractivity (Wildman–Crippen MR) is 93.6 cm³/mol. The number of esters is 1. The van der Waals surface area contributed by atoms with Crippen LogP contribution in [0.5, 0.6) is 0 Å². The van der Waals surface area contributed by atoms with Crippen LogP contribution in [-0.2, 0) is 14.3 Å². The van der Waals surface area contributed by atoms with E-state index in [2.05, 4.69) is 19.1 Å². The van der Waals surface area contributed by atoms with Gasteiger partial charge in [-0.25, -0.2) is 4.79 Å². The highest BCUT2D eigenvalue weighted by atomic mass is 16.5. The topological polar surface area (TPSA) is 35.5 Å². The number of carbonyl (C=O) groups is 1. The Hall–Kier alpha value is -2.81. The third-order valence-electron chi connectivity index (χ3n) is 3.52. The van der Waals surface area contributed by atoms with Gasteiger partial charge in [-0.1, -0.05) is 60.7 Å². The monoisotopic (exact) mass is 308 g/mol. The van der Waals surface area contributed by atoms with E-state index in [1.54, 1.807) is 0 Å². The van der Waals surface area contributed by atoms with Crippen molar-refractivity contribution in [3.05, 3.63) is 77.0 Å². The summed E-state index contributed by atoms with van der Waals surface area (Å²) in [6.45, 7) is 2.07. The Bertz CT molecular complexity index is 742. The highest BCUT2D eigenvalue weighted by molar-refractivity contribution is 6.17. The summed E-state index contributed by atoms with van der Waals surface area (Å²) in [5.41, 5.74) is 4.41. The van der Waals surface area contributed by atoms with Crippen molar-refractivity contribution in [1.82, 2.24) is 0 Å². The molecule has 0 bridgehead atoms. The van der Waals surface area contributed by atoms with E-state index < -0.39 is 5.97 Å². The quantitative estimate of drug-likeness (QED) is 0.357. The molecule has 3 heteroatoms. The van der Waals surface area contributed by atoms with Crippen molar-refractivity contribution in [3.8, 4) is 0 Å². The number of methoxy groups -OCH3 is 2. The summed E-state index contributed by atoms with van der Waals surface area (Å²) in [5, 5.41) is 0. The molecule has 0 aliphatic rings. The first-order valence-electron chi connectivity index (χ1n) is 7.31. The molecule has 0 aliphatic carbocycles. The molecule has 0 fully saturated rings. The summed E-state index contributed by atoms with van der Waals surface area (Å²) in [7, 11) is 2.87. The van der Waals surface area contributed by atoms with Crippen molar-refractivity contribution >= 4 is 23.7 Å². The fraction of sp³-hybridized carbons (Fsp3) is 0.150. The third kappa shape index (κ3) is 4.10. The van der Waals surface area contributed by atoms with Crippen LogP contribution < -0.4 is 0 Å². The van der Waals surface area contributed by atoms with E-state index in [-0.39, 0.29) is 0 Å². The van der Waals surface area contributed by atoms with Gasteiger partial charge in [0.2, 0.25) is 0 Å². The van der Waals surface area contributed by atoms with Gasteiger partial charge < -0.3 is 9.47 Å². The minimum absolute atomic E-state index is 0.389. The molecule has 0 heterocycles. The number of hydrogen-bond donors (Lipinski definition) is 0. The Morgan fingerprint density at radius 3 is 2.17 bits per heavy atom. The molecule has 0 saturated heterocycles. The maximum absolute atomic E-state index is 12.0. The molecule has 0 spiro atoms.